The van der Waals surface area contributed by atoms with E-state index in [4.69, 9.17) is 5.41 Å². The van der Waals surface area contributed by atoms with Crippen LogP contribution in [0.3, 0.4) is 0 Å². The summed E-state index contributed by atoms with van der Waals surface area (Å²) in [6.45, 7) is 3.67. The summed E-state index contributed by atoms with van der Waals surface area (Å²) in [5.74, 6) is -0.445. The fraction of sp³-hybridized carbons (Fsp3) is 0.714. The Morgan fingerprint density at radius 1 is 1.33 bits per heavy atom. The smallest absolute Gasteiger partial charge is 0.0850 e. The first-order chi connectivity index (χ1) is 4.27. The van der Waals surface area contributed by atoms with E-state index in [1.807, 2.05) is 0 Å². The topological polar surface area (TPSA) is 46.9 Å². The summed E-state index contributed by atoms with van der Waals surface area (Å²) in [6.07, 6.45) is 4.32. The van der Waals surface area contributed by atoms with Crippen LogP contribution < -0.4 is 5.11 Å². The Balaban J connectivity index is 2.83. The van der Waals surface area contributed by atoms with Gasteiger partial charge in [-0.15, -0.1) is 0 Å². The molecule has 0 atom stereocenters. The van der Waals surface area contributed by atoms with Crippen LogP contribution >= 0.6 is 0 Å². The van der Waals surface area contributed by atoms with E-state index in [2.05, 4.69) is 6.92 Å². The summed E-state index contributed by atoms with van der Waals surface area (Å²) in [5.41, 5.74) is 0. The van der Waals surface area contributed by atoms with Crippen molar-refractivity contribution >= 4 is 5.90 Å². The zero-order valence-corrected chi connectivity index (χ0v) is 5.65. The Hall–Kier alpha value is -0.660. The number of nitrogens with one attached hydrogen (secondary N) is 1. The summed E-state index contributed by atoms with van der Waals surface area (Å²) >= 11 is 0. The predicted molar refractivity (Wildman–Crippen MR) is 36.2 cm³/mol. The van der Waals surface area contributed by atoms with Gasteiger partial charge in [0.25, 0.3) is 0 Å². The fourth-order valence-electron chi connectivity index (χ4n) is 0.639. The van der Waals surface area contributed by atoms with Crippen molar-refractivity contribution in [1.82, 2.24) is 0 Å². The quantitative estimate of drug-likeness (QED) is 0.256. The van der Waals surface area contributed by atoms with Gasteiger partial charge in [0.1, 0.15) is 0 Å². The normalized spacial score (nSPS) is 9.33. The molecular weight excluding hydrogens is 114 g/mol. The third kappa shape index (κ3) is 7.34. The van der Waals surface area contributed by atoms with Gasteiger partial charge in [0.2, 0.25) is 0 Å². The van der Waals surface area contributed by atoms with Crippen molar-refractivity contribution in [3.63, 3.8) is 0 Å². The molecule has 0 unspecified atom stereocenters. The van der Waals surface area contributed by atoms with Gasteiger partial charge >= 0.3 is 0 Å². The summed E-state index contributed by atoms with van der Waals surface area (Å²) in [5, 5.41) is 16.6. The highest BCUT2D eigenvalue weighted by Crippen LogP contribution is 2.00. The number of hydrogen-bond donors (Lipinski definition) is 1. The van der Waals surface area contributed by atoms with Crippen molar-refractivity contribution in [2.24, 2.45) is 0 Å². The molecule has 0 saturated carbocycles. The molecule has 0 aromatic carbocycles. The Morgan fingerprint density at radius 3 is 2.44 bits per heavy atom. The molecule has 9 heavy (non-hydrogen) atoms. The Labute approximate surface area is 56.4 Å². The van der Waals surface area contributed by atoms with Crippen LogP contribution in [0.15, 0.2) is 0 Å². The lowest BCUT2D eigenvalue weighted by molar-refractivity contribution is -0.220. The minimum absolute atomic E-state index is 0.417. The molecule has 1 N–H and O–H groups in total. The molecule has 0 spiro atoms. The zero-order chi connectivity index (χ0) is 7.11. The van der Waals surface area contributed by atoms with Crippen molar-refractivity contribution in [1.29, 1.82) is 5.41 Å². The summed E-state index contributed by atoms with van der Waals surface area (Å²) < 4.78 is 0. The van der Waals surface area contributed by atoms with E-state index in [-0.39, 0.29) is 0 Å². The van der Waals surface area contributed by atoms with Gasteiger partial charge in [-0.2, -0.15) is 0 Å². The summed E-state index contributed by atoms with van der Waals surface area (Å²) in [7, 11) is 0. The largest absolute Gasteiger partial charge is 0.862 e. The second kappa shape index (κ2) is 5.48. The first-order valence-corrected chi connectivity index (χ1v) is 3.31. The highest BCUT2D eigenvalue weighted by atomic mass is 16.3. The van der Waals surface area contributed by atoms with Crippen LogP contribution in [0.2, 0.25) is 0 Å². The Kier molecular flexibility index (Phi) is 5.07. The maximum atomic E-state index is 10.1. The molecule has 0 aliphatic heterocycles. The highest BCUT2D eigenvalue weighted by molar-refractivity contribution is 5.67. The molecule has 0 bridgehead atoms. The van der Waals surface area contributed by atoms with E-state index in [0.29, 0.717) is 6.42 Å². The highest BCUT2D eigenvalue weighted by Gasteiger charge is 1.87. The number of rotatable bonds is 5. The van der Waals surface area contributed by atoms with E-state index in [1.165, 1.54) is 0 Å². The Morgan fingerprint density at radius 2 is 2.00 bits per heavy atom. The Bertz CT molecular complexity index is 81.0. The minimum atomic E-state index is -0.445. The molecule has 0 rings (SSSR count). The van der Waals surface area contributed by atoms with Crippen molar-refractivity contribution < 1.29 is 5.11 Å². The number of hydrogen-bond acceptors (Lipinski definition) is 2. The van der Waals surface area contributed by atoms with Gasteiger partial charge in [-0.25, -0.2) is 0 Å². The van der Waals surface area contributed by atoms with Gasteiger partial charge in [0, 0.05) is 0 Å². The average Bonchev–Trinajstić information content (AvgIpc) is 1.80. The first-order valence-electron chi connectivity index (χ1n) is 3.31. The maximum absolute atomic E-state index is 10.1. The van der Waals surface area contributed by atoms with Crippen molar-refractivity contribution in [2.75, 3.05) is 0 Å². The summed E-state index contributed by atoms with van der Waals surface area (Å²) in [4.78, 5) is 0. The van der Waals surface area contributed by atoms with E-state index in [0.717, 1.165) is 25.7 Å². The van der Waals surface area contributed by atoms with Crippen LogP contribution in [0.1, 0.15) is 32.1 Å². The molecule has 0 heterocycles. The van der Waals surface area contributed by atoms with Gasteiger partial charge in [-0.3, -0.25) is 0 Å². The van der Waals surface area contributed by atoms with Gasteiger partial charge < -0.3 is 10.5 Å². The molecule has 0 aromatic rings. The third-order valence-electron chi connectivity index (χ3n) is 1.15. The lowest BCUT2D eigenvalue weighted by Crippen LogP contribution is -2.14. The monoisotopic (exact) mass is 127 g/mol. The lowest BCUT2D eigenvalue weighted by atomic mass is 10.1. The average molecular weight is 127 g/mol. The minimum Gasteiger partial charge on any atom is -0.862 e. The van der Waals surface area contributed by atoms with Crippen LogP contribution in [0.25, 0.3) is 0 Å². The predicted octanol–water partition coefficient (Wildman–Crippen LogP) is 1.11. The first kappa shape index (κ1) is 8.34. The van der Waals surface area contributed by atoms with Crippen LogP contribution in [-0.4, -0.2) is 5.90 Å². The summed E-state index contributed by atoms with van der Waals surface area (Å²) in [6, 6.07) is 0. The molecule has 0 aliphatic rings. The van der Waals surface area contributed by atoms with Crippen LogP contribution in [0.5, 0.6) is 0 Å². The SMILES string of the molecule is [CH2+]CCCCCC(=N)[O-]. The van der Waals surface area contributed by atoms with Gasteiger partial charge in [0.15, 0.2) is 0 Å². The maximum Gasteiger partial charge on any atom is 0.0850 e. The third-order valence-corrected chi connectivity index (χ3v) is 1.15. The standard InChI is InChI=1S/C7H13NO/c1-2-3-4-5-6-7(8)9/h1-6H2,(H-,8,9). The van der Waals surface area contributed by atoms with Gasteiger partial charge in [0.05, 0.1) is 13.3 Å². The fourth-order valence-corrected chi connectivity index (χ4v) is 0.639. The van der Waals surface area contributed by atoms with E-state index >= 15 is 0 Å². The van der Waals surface area contributed by atoms with E-state index in [1.54, 1.807) is 0 Å². The molecule has 0 aliphatic carbocycles. The van der Waals surface area contributed by atoms with Crippen LogP contribution in [-0.2, 0) is 0 Å². The molecule has 0 amide bonds. The molecule has 2 nitrogen and oxygen atoms in total. The molecule has 2 heteroatoms. The van der Waals surface area contributed by atoms with Crippen LogP contribution in [0, 0.1) is 12.3 Å². The second-order valence-electron chi connectivity index (χ2n) is 2.09. The van der Waals surface area contributed by atoms with Crippen LogP contribution in [0.4, 0.5) is 0 Å². The molecule has 0 aromatic heterocycles. The van der Waals surface area contributed by atoms with Crippen molar-refractivity contribution in [2.45, 2.75) is 32.1 Å². The van der Waals surface area contributed by atoms with Gasteiger partial charge in [-0.05, 0) is 31.6 Å². The second-order valence-corrected chi connectivity index (χ2v) is 2.09. The lowest BCUT2D eigenvalue weighted by Gasteiger charge is -2.03. The zero-order valence-electron chi connectivity index (χ0n) is 5.65. The molecule has 0 fully saturated rings. The van der Waals surface area contributed by atoms with E-state index < -0.39 is 5.90 Å². The van der Waals surface area contributed by atoms with Crippen molar-refractivity contribution in [3.05, 3.63) is 6.92 Å². The van der Waals surface area contributed by atoms with Gasteiger partial charge in [-0.1, -0.05) is 0 Å². The molecule has 0 saturated heterocycles. The molecular formula is C7H13NO. The van der Waals surface area contributed by atoms with E-state index in [9.17, 15) is 5.11 Å². The number of unbranched alkanes of at least 4 members (excludes halogenated alkanes) is 3. The molecule has 52 valence electrons. The van der Waals surface area contributed by atoms with Crippen molar-refractivity contribution in [3.8, 4) is 0 Å². The molecule has 0 radical (unpaired) electrons.